The van der Waals surface area contributed by atoms with E-state index < -0.39 is 0 Å². The van der Waals surface area contributed by atoms with Crippen LogP contribution in [0.25, 0.3) is 11.3 Å². The van der Waals surface area contributed by atoms with E-state index in [0.29, 0.717) is 12.2 Å². The number of hydrogen-bond donors (Lipinski definition) is 2. The molecular formula is C16H15FN4. The number of anilines is 1. The quantitative estimate of drug-likeness (QED) is 0.769. The summed E-state index contributed by atoms with van der Waals surface area (Å²) in [7, 11) is 0. The second-order valence-electron chi connectivity index (χ2n) is 4.85. The van der Waals surface area contributed by atoms with Crippen LogP contribution in [0.3, 0.4) is 0 Å². The Bertz CT molecular complexity index is 737. The molecule has 0 saturated heterocycles. The predicted octanol–water partition coefficient (Wildman–Crippen LogP) is 3.53. The predicted molar refractivity (Wildman–Crippen MR) is 80.3 cm³/mol. The number of benzene rings is 1. The minimum Gasteiger partial charge on any atom is -0.378 e. The van der Waals surface area contributed by atoms with Crippen molar-refractivity contribution in [2.75, 3.05) is 5.32 Å². The molecule has 0 atom stereocenters. The van der Waals surface area contributed by atoms with Gasteiger partial charge in [-0.05, 0) is 36.8 Å². The third-order valence-electron chi connectivity index (χ3n) is 3.26. The molecule has 0 radical (unpaired) electrons. The van der Waals surface area contributed by atoms with Gasteiger partial charge in [-0.1, -0.05) is 6.07 Å². The van der Waals surface area contributed by atoms with Gasteiger partial charge in [0.05, 0.1) is 17.6 Å². The van der Waals surface area contributed by atoms with Gasteiger partial charge in [0.1, 0.15) is 5.82 Å². The Morgan fingerprint density at radius 3 is 2.90 bits per heavy atom. The van der Waals surface area contributed by atoms with Gasteiger partial charge in [-0.2, -0.15) is 5.10 Å². The lowest BCUT2D eigenvalue weighted by Crippen LogP contribution is -2.02. The first-order valence-electron chi connectivity index (χ1n) is 6.67. The van der Waals surface area contributed by atoms with E-state index in [1.54, 1.807) is 24.7 Å². The summed E-state index contributed by atoms with van der Waals surface area (Å²) >= 11 is 0. The Kier molecular flexibility index (Phi) is 3.64. The fraction of sp³-hybridized carbons (Fsp3) is 0.125. The lowest BCUT2D eigenvalue weighted by molar-refractivity contribution is 0.629. The zero-order valence-corrected chi connectivity index (χ0v) is 11.6. The van der Waals surface area contributed by atoms with Crippen molar-refractivity contribution in [1.82, 2.24) is 15.2 Å². The van der Waals surface area contributed by atoms with Crippen LogP contribution >= 0.6 is 0 Å². The number of pyridine rings is 1. The first kappa shape index (κ1) is 13.3. The highest BCUT2D eigenvalue weighted by Crippen LogP contribution is 2.22. The number of halogens is 1. The first-order chi connectivity index (χ1) is 10.2. The molecule has 3 rings (SSSR count). The van der Waals surface area contributed by atoms with Gasteiger partial charge in [-0.15, -0.1) is 0 Å². The lowest BCUT2D eigenvalue weighted by Gasteiger charge is -2.08. The van der Waals surface area contributed by atoms with Crippen molar-refractivity contribution in [3.05, 3.63) is 65.9 Å². The van der Waals surface area contributed by atoms with Crippen LogP contribution in [0.2, 0.25) is 0 Å². The zero-order chi connectivity index (χ0) is 14.7. The number of rotatable bonds is 4. The van der Waals surface area contributed by atoms with Crippen LogP contribution in [-0.2, 0) is 6.54 Å². The molecule has 1 aromatic carbocycles. The molecule has 4 nitrogen and oxygen atoms in total. The van der Waals surface area contributed by atoms with Crippen LogP contribution in [0.1, 0.15) is 11.1 Å². The number of aryl methyl sites for hydroxylation is 1. The third kappa shape index (κ3) is 2.91. The van der Waals surface area contributed by atoms with Crippen molar-refractivity contribution in [2.45, 2.75) is 13.5 Å². The van der Waals surface area contributed by atoms with Gasteiger partial charge in [-0.3, -0.25) is 10.1 Å². The summed E-state index contributed by atoms with van der Waals surface area (Å²) in [6.45, 7) is 2.35. The highest BCUT2D eigenvalue weighted by Gasteiger charge is 2.08. The average Bonchev–Trinajstić information content (AvgIpc) is 2.96. The first-order valence-corrected chi connectivity index (χ1v) is 6.67. The van der Waals surface area contributed by atoms with E-state index in [-0.39, 0.29) is 5.82 Å². The summed E-state index contributed by atoms with van der Waals surface area (Å²) in [6.07, 6.45) is 5.23. The summed E-state index contributed by atoms with van der Waals surface area (Å²) in [5, 5.41) is 10.1. The highest BCUT2D eigenvalue weighted by molar-refractivity contribution is 5.62. The second-order valence-corrected chi connectivity index (χ2v) is 4.85. The molecule has 0 amide bonds. The number of nitrogens with zero attached hydrogens (tertiary/aromatic N) is 2. The van der Waals surface area contributed by atoms with Gasteiger partial charge < -0.3 is 5.32 Å². The maximum Gasteiger partial charge on any atom is 0.146 e. The van der Waals surface area contributed by atoms with Gasteiger partial charge in [0.25, 0.3) is 0 Å². The van der Waals surface area contributed by atoms with E-state index in [2.05, 4.69) is 20.5 Å². The van der Waals surface area contributed by atoms with Crippen LogP contribution < -0.4 is 5.32 Å². The Hall–Kier alpha value is -2.69. The van der Waals surface area contributed by atoms with Crippen molar-refractivity contribution in [3.8, 4) is 11.3 Å². The molecule has 0 aliphatic carbocycles. The molecule has 106 valence electrons. The van der Waals surface area contributed by atoms with E-state index in [1.165, 1.54) is 6.07 Å². The third-order valence-corrected chi connectivity index (χ3v) is 3.26. The largest absolute Gasteiger partial charge is 0.378 e. The Balaban J connectivity index is 1.79. The average molecular weight is 282 g/mol. The molecule has 0 aliphatic rings. The minimum absolute atomic E-state index is 0.249. The Labute approximate surface area is 122 Å². The molecule has 2 heterocycles. The van der Waals surface area contributed by atoms with Crippen LogP contribution in [0.5, 0.6) is 0 Å². The number of aromatic amines is 1. The monoisotopic (exact) mass is 282 g/mol. The highest BCUT2D eigenvalue weighted by atomic mass is 19.1. The van der Waals surface area contributed by atoms with Gasteiger partial charge >= 0.3 is 0 Å². The van der Waals surface area contributed by atoms with Crippen LogP contribution in [0.15, 0.2) is 48.9 Å². The van der Waals surface area contributed by atoms with Crippen molar-refractivity contribution in [2.24, 2.45) is 0 Å². The SMILES string of the molecule is Cc1ccc(NCc2cn[nH]c2-c2cccnc2)c(F)c1. The van der Waals surface area contributed by atoms with Gasteiger partial charge in [0, 0.05) is 30.1 Å². The minimum atomic E-state index is -0.249. The van der Waals surface area contributed by atoms with Crippen LogP contribution in [0, 0.1) is 12.7 Å². The van der Waals surface area contributed by atoms with Crippen LogP contribution in [-0.4, -0.2) is 15.2 Å². The summed E-state index contributed by atoms with van der Waals surface area (Å²) in [5.74, 6) is -0.249. The van der Waals surface area contributed by atoms with E-state index >= 15 is 0 Å². The molecule has 2 N–H and O–H groups in total. The number of hydrogen-bond acceptors (Lipinski definition) is 3. The summed E-state index contributed by atoms with van der Waals surface area (Å²) < 4.78 is 13.8. The maximum atomic E-state index is 13.8. The summed E-state index contributed by atoms with van der Waals surface area (Å²) in [6, 6.07) is 8.96. The molecule has 0 fully saturated rings. The molecule has 3 aromatic rings. The fourth-order valence-electron chi connectivity index (χ4n) is 2.16. The standard InChI is InChI=1S/C16H15FN4/c1-11-4-5-15(14(17)7-11)19-9-13-10-20-21-16(13)12-3-2-6-18-8-12/h2-8,10,19H,9H2,1H3,(H,20,21). The van der Waals surface area contributed by atoms with Gasteiger partial charge in [0.15, 0.2) is 0 Å². The molecule has 2 aromatic heterocycles. The molecule has 5 heteroatoms. The molecule has 0 aliphatic heterocycles. The van der Waals surface area contributed by atoms with E-state index in [0.717, 1.165) is 22.4 Å². The Morgan fingerprint density at radius 1 is 1.24 bits per heavy atom. The summed E-state index contributed by atoms with van der Waals surface area (Å²) in [5.41, 5.74) is 4.19. The van der Waals surface area contributed by atoms with E-state index in [4.69, 9.17) is 0 Å². The van der Waals surface area contributed by atoms with Crippen LogP contribution in [0.4, 0.5) is 10.1 Å². The number of aromatic nitrogens is 3. The Morgan fingerprint density at radius 2 is 2.14 bits per heavy atom. The van der Waals surface area contributed by atoms with Crippen molar-refractivity contribution in [1.29, 1.82) is 0 Å². The molecule has 0 unspecified atom stereocenters. The van der Waals surface area contributed by atoms with Gasteiger partial charge in [-0.25, -0.2) is 4.39 Å². The van der Waals surface area contributed by atoms with Gasteiger partial charge in [0.2, 0.25) is 0 Å². The normalized spacial score (nSPS) is 10.6. The smallest absolute Gasteiger partial charge is 0.146 e. The van der Waals surface area contributed by atoms with Crippen molar-refractivity contribution >= 4 is 5.69 Å². The fourth-order valence-corrected chi connectivity index (χ4v) is 2.16. The lowest BCUT2D eigenvalue weighted by atomic mass is 10.1. The number of nitrogens with one attached hydrogen (secondary N) is 2. The second kappa shape index (κ2) is 5.75. The zero-order valence-electron chi connectivity index (χ0n) is 11.6. The molecule has 0 spiro atoms. The topological polar surface area (TPSA) is 53.6 Å². The maximum absolute atomic E-state index is 13.8. The molecule has 0 saturated carbocycles. The van der Waals surface area contributed by atoms with E-state index in [9.17, 15) is 4.39 Å². The number of H-pyrrole nitrogens is 1. The van der Waals surface area contributed by atoms with E-state index in [1.807, 2.05) is 25.1 Å². The molecular weight excluding hydrogens is 267 g/mol. The molecule has 21 heavy (non-hydrogen) atoms. The van der Waals surface area contributed by atoms with Crippen molar-refractivity contribution < 1.29 is 4.39 Å². The van der Waals surface area contributed by atoms with Crippen molar-refractivity contribution in [3.63, 3.8) is 0 Å². The summed E-state index contributed by atoms with van der Waals surface area (Å²) in [4.78, 5) is 4.10. The molecule has 0 bridgehead atoms.